The Labute approximate surface area is 139 Å². The van der Waals surface area contributed by atoms with Gasteiger partial charge in [-0.25, -0.2) is 0 Å². The van der Waals surface area contributed by atoms with Crippen LogP contribution >= 0.6 is 15.9 Å². The lowest BCUT2D eigenvalue weighted by molar-refractivity contribution is -0.114. The SMILES string of the molecule is COC(C)c1cccc(NCC(=O)Nc2ccccc2Br)c1. The van der Waals surface area contributed by atoms with Gasteiger partial charge in [-0.15, -0.1) is 0 Å². The van der Waals surface area contributed by atoms with E-state index in [1.165, 1.54) is 0 Å². The van der Waals surface area contributed by atoms with E-state index in [4.69, 9.17) is 4.74 Å². The van der Waals surface area contributed by atoms with E-state index in [1.54, 1.807) is 7.11 Å². The number of rotatable bonds is 6. The van der Waals surface area contributed by atoms with Crippen molar-refractivity contribution in [2.75, 3.05) is 24.3 Å². The highest BCUT2D eigenvalue weighted by atomic mass is 79.9. The molecule has 0 saturated heterocycles. The lowest BCUT2D eigenvalue weighted by Crippen LogP contribution is -2.22. The largest absolute Gasteiger partial charge is 0.377 e. The highest BCUT2D eigenvalue weighted by Gasteiger charge is 2.07. The van der Waals surface area contributed by atoms with E-state index in [9.17, 15) is 4.79 Å². The van der Waals surface area contributed by atoms with Gasteiger partial charge in [0.05, 0.1) is 18.3 Å². The number of methoxy groups -OCH3 is 1. The van der Waals surface area contributed by atoms with E-state index in [0.717, 1.165) is 21.4 Å². The van der Waals surface area contributed by atoms with Crippen LogP contribution in [0.15, 0.2) is 53.0 Å². The fourth-order valence-electron chi connectivity index (χ4n) is 1.98. The minimum atomic E-state index is -0.0999. The molecule has 22 heavy (non-hydrogen) atoms. The molecular weight excluding hydrogens is 344 g/mol. The van der Waals surface area contributed by atoms with Crippen LogP contribution in [0.25, 0.3) is 0 Å². The lowest BCUT2D eigenvalue weighted by Gasteiger charge is -2.13. The van der Waals surface area contributed by atoms with Crippen LogP contribution in [-0.4, -0.2) is 19.6 Å². The Balaban J connectivity index is 1.93. The fraction of sp³-hybridized carbons (Fsp3) is 0.235. The smallest absolute Gasteiger partial charge is 0.243 e. The van der Waals surface area contributed by atoms with Crippen molar-refractivity contribution in [3.8, 4) is 0 Å². The second-order valence-corrected chi connectivity index (χ2v) is 5.74. The maximum Gasteiger partial charge on any atom is 0.243 e. The molecule has 116 valence electrons. The Kier molecular flexibility index (Phi) is 5.98. The normalized spacial score (nSPS) is 11.8. The Hall–Kier alpha value is -1.85. The molecule has 5 heteroatoms. The summed E-state index contributed by atoms with van der Waals surface area (Å²) in [6, 6.07) is 15.4. The molecule has 1 atom stereocenters. The summed E-state index contributed by atoms with van der Waals surface area (Å²) in [5.74, 6) is -0.0999. The molecule has 0 fully saturated rings. The van der Waals surface area contributed by atoms with Crippen LogP contribution in [-0.2, 0) is 9.53 Å². The maximum atomic E-state index is 12.0. The van der Waals surface area contributed by atoms with E-state index >= 15 is 0 Å². The molecule has 0 aliphatic carbocycles. The number of nitrogens with one attached hydrogen (secondary N) is 2. The van der Waals surface area contributed by atoms with Crippen molar-refractivity contribution in [1.82, 2.24) is 0 Å². The number of hydrogen-bond acceptors (Lipinski definition) is 3. The molecule has 0 aliphatic rings. The van der Waals surface area contributed by atoms with Gasteiger partial charge in [0, 0.05) is 17.3 Å². The summed E-state index contributed by atoms with van der Waals surface area (Å²) in [6.07, 6.45) is 0.0239. The zero-order valence-corrected chi connectivity index (χ0v) is 14.2. The minimum absolute atomic E-state index is 0.0239. The molecule has 1 amide bonds. The molecule has 0 spiro atoms. The third kappa shape index (κ3) is 4.58. The van der Waals surface area contributed by atoms with Crippen LogP contribution < -0.4 is 10.6 Å². The van der Waals surface area contributed by atoms with E-state index in [-0.39, 0.29) is 18.6 Å². The van der Waals surface area contributed by atoms with E-state index < -0.39 is 0 Å². The zero-order chi connectivity index (χ0) is 15.9. The molecule has 0 bridgehead atoms. The van der Waals surface area contributed by atoms with Gasteiger partial charge >= 0.3 is 0 Å². The first-order valence-corrected chi connectivity index (χ1v) is 7.80. The van der Waals surface area contributed by atoms with E-state index in [2.05, 4.69) is 26.6 Å². The molecule has 4 nitrogen and oxygen atoms in total. The Bertz CT molecular complexity index is 646. The van der Waals surface area contributed by atoms with Gasteiger partial charge in [-0.1, -0.05) is 24.3 Å². The van der Waals surface area contributed by atoms with Crippen molar-refractivity contribution < 1.29 is 9.53 Å². The number of carbonyl (C=O) groups is 1. The number of para-hydroxylation sites is 1. The molecule has 2 aromatic rings. The quantitative estimate of drug-likeness (QED) is 0.809. The molecule has 0 aliphatic heterocycles. The lowest BCUT2D eigenvalue weighted by atomic mass is 10.1. The number of carbonyl (C=O) groups excluding carboxylic acids is 1. The predicted molar refractivity (Wildman–Crippen MR) is 93.1 cm³/mol. The number of hydrogen-bond donors (Lipinski definition) is 2. The van der Waals surface area contributed by atoms with E-state index in [1.807, 2.05) is 55.5 Å². The van der Waals surface area contributed by atoms with Gasteiger partial charge in [0.15, 0.2) is 0 Å². The van der Waals surface area contributed by atoms with Crippen LogP contribution in [0.4, 0.5) is 11.4 Å². The monoisotopic (exact) mass is 362 g/mol. The highest BCUT2D eigenvalue weighted by molar-refractivity contribution is 9.10. The summed E-state index contributed by atoms with van der Waals surface area (Å²) in [6.45, 7) is 2.19. The van der Waals surface area contributed by atoms with Crippen LogP contribution in [0.1, 0.15) is 18.6 Å². The molecule has 0 saturated carbocycles. The number of anilines is 2. The Morgan fingerprint density at radius 2 is 2.00 bits per heavy atom. The van der Waals surface area contributed by atoms with Crippen LogP contribution in [0.5, 0.6) is 0 Å². The summed E-state index contributed by atoms with van der Waals surface area (Å²) in [5.41, 5.74) is 2.72. The summed E-state index contributed by atoms with van der Waals surface area (Å²) in [5, 5.41) is 5.98. The third-order valence-corrected chi connectivity index (χ3v) is 4.00. The topological polar surface area (TPSA) is 50.4 Å². The molecule has 2 rings (SSSR count). The standard InChI is InChI=1S/C17H19BrN2O2/c1-12(22-2)13-6-5-7-14(10-13)19-11-17(21)20-16-9-4-3-8-15(16)18/h3-10,12,19H,11H2,1-2H3,(H,20,21). The zero-order valence-electron chi connectivity index (χ0n) is 12.6. The third-order valence-electron chi connectivity index (χ3n) is 3.31. The maximum absolute atomic E-state index is 12.0. The molecule has 0 radical (unpaired) electrons. The highest BCUT2D eigenvalue weighted by Crippen LogP contribution is 2.21. The van der Waals surface area contributed by atoms with Gasteiger partial charge in [-0.2, -0.15) is 0 Å². The minimum Gasteiger partial charge on any atom is -0.377 e. The van der Waals surface area contributed by atoms with Gasteiger partial charge in [-0.05, 0) is 52.7 Å². The fourth-order valence-corrected chi connectivity index (χ4v) is 2.36. The van der Waals surface area contributed by atoms with Gasteiger partial charge in [0.2, 0.25) is 5.91 Å². The second-order valence-electron chi connectivity index (χ2n) is 4.88. The second kappa shape index (κ2) is 7.96. The van der Waals surface area contributed by atoms with Crippen molar-refractivity contribution in [2.45, 2.75) is 13.0 Å². The van der Waals surface area contributed by atoms with Gasteiger partial charge in [0.1, 0.15) is 0 Å². The van der Waals surface area contributed by atoms with Crippen molar-refractivity contribution >= 4 is 33.2 Å². The molecular formula is C17H19BrN2O2. The Morgan fingerprint density at radius 3 is 2.73 bits per heavy atom. The summed E-state index contributed by atoms with van der Waals surface area (Å²) in [4.78, 5) is 12.0. The average Bonchev–Trinajstić information content (AvgIpc) is 2.54. The van der Waals surface area contributed by atoms with Gasteiger partial charge in [0.25, 0.3) is 0 Å². The predicted octanol–water partition coefficient (Wildman–Crippen LogP) is 4.21. The van der Waals surface area contributed by atoms with Gasteiger partial charge < -0.3 is 15.4 Å². The van der Waals surface area contributed by atoms with Crippen molar-refractivity contribution in [2.24, 2.45) is 0 Å². The van der Waals surface area contributed by atoms with E-state index in [0.29, 0.717) is 0 Å². The van der Waals surface area contributed by atoms with Crippen molar-refractivity contribution in [1.29, 1.82) is 0 Å². The summed E-state index contributed by atoms with van der Waals surface area (Å²) in [7, 11) is 1.68. The molecule has 0 aromatic heterocycles. The number of halogens is 1. The number of benzene rings is 2. The van der Waals surface area contributed by atoms with Crippen LogP contribution in [0, 0.1) is 0 Å². The first-order chi connectivity index (χ1) is 10.6. The average molecular weight is 363 g/mol. The Morgan fingerprint density at radius 1 is 1.23 bits per heavy atom. The van der Waals surface area contributed by atoms with Crippen molar-refractivity contribution in [3.63, 3.8) is 0 Å². The van der Waals surface area contributed by atoms with Gasteiger partial charge in [-0.3, -0.25) is 4.79 Å². The first kappa shape index (κ1) is 16.5. The number of ether oxygens (including phenoxy) is 1. The number of amides is 1. The van der Waals surface area contributed by atoms with Crippen molar-refractivity contribution in [3.05, 3.63) is 58.6 Å². The summed E-state index contributed by atoms with van der Waals surface area (Å²) < 4.78 is 6.16. The van der Waals surface area contributed by atoms with Crippen LogP contribution in [0.2, 0.25) is 0 Å². The molecule has 1 unspecified atom stereocenters. The molecule has 0 heterocycles. The molecule has 2 N–H and O–H groups in total. The van der Waals surface area contributed by atoms with Crippen LogP contribution in [0.3, 0.4) is 0 Å². The molecule has 2 aromatic carbocycles. The summed E-state index contributed by atoms with van der Waals surface area (Å²) >= 11 is 3.41. The first-order valence-electron chi connectivity index (χ1n) is 7.01.